The van der Waals surface area contributed by atoms with Crippen molar-refractivity contribution in [2.45, 2.75) is 31.2 Å². The van der Waals surface area contributed by atoms with Gasteiger partial charge in [-0.3, -0.25) is 4.79 Å². The van der Waals surface area contributed by atoms with Crippen LogP contribution in [0.5, 0.6) is 11.5 Å². The molecule has 1 heterocycles. The summed E-state index contributed by atoms with van der Waals surface area (Å²) in [6.45, 7) is 0.245. The molecule has 0 radical (unpaired) electrons. The first-order valence-electron chi connectivity index (χ1n) is 9.29. The van der Waals surface area contributed by atoms with E-state index in [2.05, 4.69) is 0 Å². The van der Waals surface area contributed by atoms with Gasteiger partial charge in [0.25, 0.3) is 0 Å². The molecule has 2 aromatic rings. The zero-order valence-electron chi connectivity index (χ0n) is 16.2. The molecule has 3 rings (SSSR count). The number of halogens is 4. The summed E-state index contributed by atoms with van der Waals surface area (Å²) in [5.41, 5.74) is -0.563. The third-order valence-electron chi connectivity index (χ3n) is 4.89. The van der Waals surface area contributed by atoms with Crippen LogP contribution < -0.4 is 9.47 Å². The van der Waals surface area contributed by atoms with E-state index < -0.39 is 29.8 Å². The highest BCUT2D eigenvalue weighted by Crippen LogP contribution is 2.31. The zero-order valence-corrected chi connectivity index (χ0v) is 16.2. The van der Waals surface area contributed by atoms with Gasteiger partial charge in [0.2, 0.25) is 5.91 Å². The number of methoxy groups -OCH3 is 1. The third-order valence-corrected chi connectivity index (χ3v) is 4.89. The van der Waals surface area contributed by atoms with Gasteiger partial charge in [0.1, 0.15) is 18.0 Å². The normalized spacial score (nSPS) is 19.5. The molecule has 162 valence electrons. The number of amides is 1. The number of ether oxygens (including phenoxy) is 2. The Morgan fingerprint density at radius 1 is 1.20 bits per heavy atom. The third kappa shape index (κ3) is 5.21. The standard InChI is InChI=1S/C21H21F4NO4/c1-29-19-11-15(22)5-6-18(19)30-17-7-8-26(12-16(17)27)20(28)10-13-3-2-4-14(9-13)21(23,24)25/h2-6,9,11,16-17,27H,7-8,10,12H2,1H3/t16-,17-/m1/s1. The fourth-order valence-electron chi connectivity index (χ4n) is 3.32. The number of benzene rings is 2. The van der Waals surface area contributed by atoms with Crippen molar-refractivity contribution < 1.29 is 36.9 Å². The number of carbonyl (C=O) groups excluding carboxylic acids is 1. The van der Waals surface area contributed by atoms with Crippen molar-refractivity contribution >= 4 is 5.91 Å². The Labute approximate surface area is 170 Å². The maximum absolute atomic E-state index is 13.3. The van der Waals surface area contributed by atoms with Crippen LogP contribution >= 0.6 is 0 Å². The lowest BCUT2D eigenvalue weighted by Gasteiger charge is -2.36. The highest BCUT2D eigenvalue weighted by molar-refractivity contribution is 5.79. The van der Waals surface area contributed by atoms with Gasteiger partial charge in [-0.05, 0) is 23.8 Å². The van der Waals surface area contributed by atoms with E-state index in [1.165, 1.54) is 36.3 Å². The number of hydrogen-bond acceptors (Lipinski definition) is 4. The Morgan fingerprint density at radius 2 is 1.97 bits per heavy atom. The molecule has 2 aromatic carbocycles. The molecule has 1 aliphatic rings. The lowest BCUT2D eigenvalue weighted by atomic mass is 10.0. The molecule has 0 unspecified atom stereocenters. The number of aliphatic hydroxyl groups excluding tert-OH is 1. The summed E-state index contributed by atoms with van der Waals surface area (Å²) in [7, 11) is 1.37. The van der Waals surface area contributed by atoms with Crippen LogP contribution in [-0.2, 0) is 17.4 Å². The summed E-state index contributed by atoms with van der Waals surface area (Å²) in [4.78, 5) is 13.9. The number of piperidine rings is 1. The van der Waals surface area contributed by atoms with Crippen LogP contribution in [0.25, 0.3) is 0 Å². The predicted molar refractivity (Wildman–Crippen MR) is 99.7 cm³/mol. The minimum absolute atomic E-state index is 0.0219. The van der Waals surface area contributed by atoms with E-state index in [1.54, 1.807) is 0 Å². The van der Waals surface area contributed by atoms with Gasteiger partial charge in [-0.1, -0.05) is 18.2 Å². The summed E-state index contributed by atoms with van der Waals surface area (Å²) >= 11 is 0. The van der Waals surface area contributed by atoms with Crippen molar-refractivity contribution in [1.82, 2.24) is 4.90 Å². The summed E-state index contributed by atoms with van der Waals surface area (Å²) in [6.07, 6.45) is -6.03. The Balaban J connectivity index is 1.61. The molecule has 0 aromatic heterocycles. The van der Waals surface area contributed by atoms with Crippen molar-refractivity contribution in [3.05, 3.63) is 59.4 Å². The average molecular weight is 427 g/mol. The van der Waals surface area contributed by atoms with E-state index in [1.807, 2.05) is 0 Å². The number of alkyl halides is 3. The van der Waals surface area contributed by atoms with Crippen LogP contribution in [-0.4, -0.2) is 48.3 Å². The Hall–Kier alpha value is -2.81. The molecule has 0 spiro atoms. The Morgan fingerprint density at radius 3 is 2.63 bits per heavy atom. The lowest BCUT2D eigenvalue weighted by molar-refractivity contribution is -0.138. The van der Waals surface area contributed by atoms with E-state index in [-0.39, 0.29) is 42.5 Å². The van der Waals surface area contributed by atoms with Gasteiger partial charge in [0.05, 0.1) is 25.6 Å². The smallest absolute Gasteiger partial charge is 0.416 e. The first kappa shape index (κ1) is 21.9. The summed E-state index contributed by atoms with van der Waals surface area (Å²) in [5, 5.41) is 10.4. The van der Waals surface area contributed by atoms with Gasteiger partial charge in [-0.25, -0.2) is 4.39 Å². The molecule has 5 nitrogen and oxygen atoms in total. The molecule has 1 aliphatic heterocycles. The topological polar surface area (TPSA) is 59.0 Å². The van der Waals surface area contributed by atoms with Gasteiger partial charge < -0.3 is 19.5 Å². The van der Waals surface area contributed by atoms with Crippen LogP contribution in [0.1, 0.15) is 17.5 Å². The van der Waals surface area contributed by atoms with E-state index in [4.69, 9.17) is 9.47 Å². The quantitative estimate of drug-likeness (QED) is 0.743. The number of β-amino-alcohol motifs (C(OH)–C–C–N with tert-alkyl or cyclic N) is 1. The molecule has 1 amide bonds. The Kier molecular flexibility index (Phi) is 6.50. The number of aliphatic hydroxyl groups is 1. The van der Waals surface area contributed by atoms with Crippen LogP contribution in [0, 0.1) is 5.82 Å². The van der Waals surface area contributed by atoms with E-state index in [9.17, 15) is 27.5 Å². The average Bonchev–Trinajstić information content (AvgIpc) is 2.70. The second-order valence-corrected chi connectivity index (χ2v) is 7.02. The summed E-state index contributed by atoms with van der Waals surface area (Å²) < 4.78 is 62.6. The molecular formula is C21H21F4NO4. The first-order chi connectivity index (χ1) is 14.2. The SMILES string of the molecule is COc1cc(F)ccc1O[C@@H]1CCN(C(=O)Cc2cccc(C(F)(F)F)c2)C[C@H]1O. The van der Waals surface area contributed by atoms with Gasteiger partial charge in [-0.2, -0.15) is 13.2 Å². The molecular weight excluding hydrogens is 406 g/mol. The van der Waals surface area contributed by atoms with Crippen LogP contribution in [0.15, 0.2) is 42.5 Å². The molecule has 9 heteroatoms. The molecule has 0 saturated carbocycles. The lowest BCUT2D eigenvalue weighted by Crippen LogP contribution is -2.51. The van der Waals surface area contributed by atoms with Gasteiger partial charge in [0, 0.05) is 19.0 Å². The van der Waals surface area contributed by atoms with Crippen molar-refractivity contribution in [2.75, 3.05) is 20.2 Å². The monoisotopic (exact) mass is 427 g/mol. The minimum Gasteiger partial charge on any atom is -0.493 e. The van der Waals surface area contributed by atoms with Crippen LogP contribution in [0.3, 0.4) is 0 Å². The Bertz CT molecular complexity index is 903. The molecule has 30 heavy (non-hydrogen) atoms. The minimum atomic E-state index is -4.48. The molecule has 1 N–H and O–H groups in total. The number of hydrogen-bond donors (Lipinski definition) is 1. The number of nitrogens with zero attached hydrogens (tertiary/aromatic N) is 1. The maximum Gasteiger partial charge on any atom is 0.416 e. The fourth-order valence-corrected chi connectivity index (χ4v) is 3.32. The molecule has 2 atom stereocenters. The second-order valence-electron chi connectivity index (χ2n) is 7.02. The highest BCUT2D eigenvalue weighted by Gasteiger charge is 2.33. The second kappa shape index (κ2) is 8.91. The van der Waals surface area contributed by atoms with Gasteiger partial charge in [-0.15, -0.1) is 0 Å². The van der Waals surface area contributed by atoms with Crippen molar-refractivity contribution in [2.24, 2.45) is 0 Å². The van der Waals surface area contributed by atoms with E-state index in [0.717, 1.165) is 18.2 Å². The first-order valence-corrected chi connectivity index (χ1v) is 9.29. The van der Waals surface area contributed by atoms with Crippen molar-refractivity contribution in [1.29, 1.82) is 0 Å². The van der Waals surface area contributed by atoms with Crippen molar-refractivity contribution in [3.8, 4) is 11.5 Å². The zero-order chi connectivity index (χ0) is 21.9. The number of likely N-dealkylation sites (tertiary alicyclic amines) is 1. The van der Waals surface area contributed by atoms with E-state index in [0.29, 0.717) is 6.42 Å². The van der Waals surface area contributed by atoms with E-state index >= 15 is 0 Å². The van der Waals surface area contributed by atoms with Crippen LogP contribution in [0.4, 0.5) is 17.6 Å². The molecule has 1 saturated heterocycles. The van der Waals surface area contributed by atoms with Gasteiger partial charge >= 0.3 is 6.18 Å². The number of rotatable bonds is 5. The highest BCUT2D eigenvalue weighted by atomic mass is 19.4. The predicted octanol–water partition coefficient (Wildman–Crippen LogP) is 3.44. The van der Waals surface area contributed by atoms with Crippen LogP contribution in [0.2, 0.25) is 0 Å². The summed E-state index contributed by atoms with van der Waals surface area (Å²) in [5.74, 6) is -0.419. The summed E-state index contributed by atoms with van der Waals surface area (Å²) in [6, 6.07) is 8.38. The fraction of sp³-hybridized carbons (Fsp3) is 0.381. The van der Waals surface area contributed by atoms with Gasteiger partial charge in [0.15, 0.2) is 11.5 Å². The number of carbonyl (C=O) groups is 1. The molecule has 1 fully saturated rings. The molecule has 0 bridgehead atoms. The van der Waals surface area contributed by atoms with Crippen molar-refractivity contribution in [3.63, 3.8) is 0 Å². The maximum atomic E-state index is 13.3. The molecule has 0 aliphatic carbocycles. The largest absolute Gasteiger partial charge is 0.493 e.